The highest BCUT2D eigenvalue weighted by atomic mass is 14.9. The highest BCUT2D eigenvalue weighted by Crippen LogP contribution is 2.34. The van der Waals surface area contributed by atoms with Gasteiger partial charge < -0.3 is 0 Å². The summed E-state index contributed by atoms with van der Waals surface area (Å²) in [7, 11) is 2.17. The van der Waals surface area contributed by atoms with E-state index in [0.717, 1.165) is 0 Å². The van der Waals surface area contributed by atoms with Crippen molar-refractivity contribution in [2.45, 2.75) is 52.4 Å². The van der Waals surface area contributed by atoms with Gasteiger partial charge in [0.2, 0.25) is 11.2 Å². The molecule has 1 saturated carbocycles. The maximum Gasteiger partial charge on any atom is 0.213 e. The van der Waals surface area contributed by atoms with Gasteiger partial charge in [-0.15, -0.1) is 0 Å². The van der Waals surface area contributed by atoms with Crippen molar-refractivity contribution in [3.63, 3.8) is 0 Å². The third kappa shape index (κ3) is 3.65. The van der Waals surface area contributed by atoms with E-state index in [1.807, 2.05) is 0 Å². The summed E-state index contributed by atoms with van der Waals surface area (Å²) in [4.78, 5) is 4.81. The summed E-state index contributed by atoms with van der Waals surface area (Å²) in [6.07, 6.45) is 7.34. The van der Waals surface area contributed by atoms with E-state index in [-0.39, 0.29) is 0 Å². The largest absolute Gasteiger partial charge is 0.260 e. The van der Waals surface area contributed by atoms with Gasteiger partial charge in [0.15, 0.2) is 0 Å². The molecule has 0 atom stereocenters. The Labute approximate surface area is 185 Å². The maximum absolute atomic E-state index is 4.81. The van der Waals surface area contributed by atoms with Crippen molar-refractivity contribution >= 4 is 10.9 Å². The molecule has 0 unspecified atom stereocenters. The molecule has 0 bridgehead atoms. The lowest BCUT2D eigenvalue weighted by Gasteiger charge is -2.11. The van der Waals surface area contributed by atoms with Crippen molar-refractivity contribution in [2.24, 2.45) is 7.05 Å². The molecule has 1 fully saturated rings. The molecular formula is C29H31N2+. The van der Waals surface area contributed by atoms with Crippen molar-refractivity contribution < 1.29 is 4.57 Å². The topological polar surface area (TPSA) is 16.8 Å². The van der Waals surface area contributed by atoms with Crippen LogP contribution in [0, 0.1) is 20.8 Å². The zero-order valence-electron chi connectivity index (χ0n) is 19.1. The zero-order chi connectivity index (χ0) is 21.5. The molecule has 1 aliphatic carbocycles. The summed E-state index contributed by atoms with van der Waals surface area (Å²) in [6, 6.07) is 20.3. The molecule has 2 heterocycles. The standard InChI is InChI=1S/C29H31N2/c1-19-15-20(2)21(3)26(16-19)29-14-11-24-17-23(10-13-28(24)31(29)4)25-9-12-27(30-18-25)22-7-5-6-8-22/h9-18,22H,5-8H2,1-4H3/q+1. The number of pyridine rings is 2. The normalized spacial score (nSPS) is 14.5. The molecule has 2 aromatic carbocycles. The van der Waals surface area contributed by atoms with Crippen LogP contribution < -0.4 is 4.57 Å². The molecule has 0 N–H and O–H groups in total. The molecule has 0 saturated heterocycles. The first kappa shape index (κ1) is 19.9. The van der Waals surface area contributed by atoms with Crippen LogP contribution in [0.2, 0.25) is 0 Å². The fourth-order valence-corrected chi connectivity index (χ4v) is 5.20. The molecule has 2 aromatic heterocycles. The number of rotatable bonds is 3. The number of hydrogen-bond acceptors (Lipinski definition) is 1. The first-order chi connectivity index (χ1) is 15.0. The van der Waals surface area contributed by atoms with Gasteiger partial charge in [-0.25, -0.2) is 0 Å². The lowest BCUT2D eigenvalue weighted by atomic mass is 9.96. The van der Waals surface area contributed by atoms with Gasteiger partial charge in [0.05, 0.1) is 0 Å². The Bertz CT molecular complexity index is 1260. The van der Waals surface area contributed by atoms with Crippen LogP contribution in [0.1, 0.15) is 54.0 Å². The minimum absolute atomic E-state index is 0.664. The summed E-state index contributed by atoms with van der Waals surface area (Å²) in [5.74, 6) is 0.664. The summed E-state index contributed by atoms with van der Waals surface area (Å²) >= 11 is 0. The SMILES string of the molecule is Cc1cc(C)c(C)c(-c2ccc3cc(-c4ccc(C5CCCC5)nc4)ccc3[n+]2C)c1. The molecule has 1 aliphatic rings. The molecule has 0 amide bonds. The monoisotopic (exact) mass is 407 g/mol. The van der Waals surface area contributed by atoms with Crippen LogP contribution in [0.25, 0.3) is 33.3 Å². The fraction of sp³-hybridized carbons (Fsp3) is 0.310. The molecule has 5 rings (SSSR count). The Morgan fingerprint density at radius 2 is 1.61 bits per heavy atom. The Morgan fingerprint density at radius 1 is 0.839 bits per heavy atom. The summed E-state index contributed by atoms with van der Waals surface area (Å²) in [6.45, 7) is 6.60. The fourth-order valence-electron chi connectivity index (χ4n) is 5.20. The number of nitrogens with zero attached hydrogens (tertiary/aromatic N) is 2. The van der Waals surface area contributed by atoms with Crippen LogP contribution in [0.15, 0.2) is 60.8 Å². The van der Waals surface area contributed by atoms with Gasteiger partial charge in [0.25, 0.3) is 0 Å². The number of aromatic nitrogens is 2. The molecule has 0 radical (unpaired) electrons. The third-order valence-corrected chi connectivity index (χ3v) is 7.15. The molecule has 2 nitrogen and oxygen atoms in total. The second kappa shape index (κ2) is 7.92. The predicted molar refractivity (Wildman–Crippen MR) is 129 cm³/mol. The van der Waals surface area contributed by atoms with Gasteiger partial charge in [-0.3, -0.25) is 4.98 Å². The summed E-state index contributed by atoms with van der Waals surface area (Å²) in [5.41, 5.74) is 11.5. The quantitative estimate of drug-likeness (QED) is 0.335. The first-order valence-corrected chi connectivity index (χ1v) is 11.5. The Kier molecular flexibility index (Phi) is 5.09. The maximum atomic E-state index is 4.81. The van der Waals surface area contributed by atoms with Crippen LogP contribution in [0.4, 0.5) is 0 Å². The van der Waals surface area contributed by atoms with E-state index in [1.165, 1.54) is 81.4 Å². The van der Waals surface area contributed by atoms with E-state index >= 15 is 0 Å². The van der Waals surface area contributed by atoms with Crippen LogP contribution in [-0.2, 0) is 7.05 Å². The highest BCUT2D eigenvalue weighted by Gasteiger charge is 2.19. The van der Waals surface area contributed by atoms with Crippen molar-refractivity contribution in [1.29, 1.82) is 0 Å². The lowest BCUT2D eigenvalue weighted by molar-refractivity contribution is -0.633. The van der Waals surface area contributed by atoms with Crippen molar-refractivity contribution in [3.8, 4) is 22.4 Å². The average molecular weight is 408 g/mol. The summed E-state index contributed by atoms with van der Waals surface area (Å²) in [5, 5.41) is 1.26. The Morgan fingerprint density at radius 3 is 2.35 bits per heavy atom. The van der Waals surface area contributed by atoms with Gasteiger partial charge in [-0.05, 0) is 80.6 Å². The molecular weight excluding hydrogens is 376 g/mol. The van der Waals surface area contributed by atoms with E-state index in [2.05, 4.69) is 93.2 Å². The van der Waals surface area contributed by atoms with E-state index < -0.39 is 0 Å². The van der Waals surface area contributed by atoms with Crippen molar-refractivity contribution in [2.75, 3.05) is 0 Å². The molecule has 4 aromatic rings. The van der Waals surface area contributed by atoms with E-state index in [4.69, 9.17) is 4.98 Å². The lowest BCUT2D eigenvalue weighted by Crippen LogP contribution is -2.32. The molecule has 31 heavy (non-hydrogen) atoms. The van der Waals surface area contributed by atoms with Gasteiger partial charge in [-0.2, -0.15) is 4.57 Å². The van der Waals surface area contributed by atoms with Gasteiger partial charge in [0, 0.05) is 46.5 Å². The second-order valence-corrected chi connectivity index (χ2v) is 9.26. The first-order valence-electron chi connectivity index (χ1n) is 11.5. The minimum Gasteiger partial charge on any atom is -0.260 e. The molecule has 2 heteroatoms. The Balaban J connectivity index is 1.52. The van der Waals surface area contributed by atoms with E-state index in [0.29, 0.717) is 5.92 Å². The van der Waals surface area contributed by atoms with Crippen LogP contribution in [0.3, 0.4) is 0 Å². The van der Waals surface area contributed by atoms with Crippen LogP contribution >= 0.6 is 0 Å². The van der Waals surface area contributed by atoms with Gasteiger partial charge in [-0.1, -0.05) is 30.5 Å². The highest BCUT2D eigenvalue weighted by molar-refractivity contribution is 5.83. The van der Waals surface area contributed by atoms with Crippen molar-refractivity contribution in [1.82, 2.24) is 4.98 Å². The summed E-state index contributed by atoms with van der Waals surface area (Å²) < 4.78 is 2.32. The Hall–Kier alpha value is -3.00. The smallest absolute Gasteiger partial charge is 0.213 e. The molecule has 0 aliphatic heterocycles. The number of benzene rings is 2. The zero-order valence-corrected chi connectivity index (χ0v) is 19.1. The predicted octanol–water partition coefficient (Wildman–Crippen LogP) is 6.98. The third-order valence-electron chi connectivity index (χ3n) is 7.15. The average Bonchev–Trinajstić information content (AvgIpc) is 3.32. The minimum atomic E-state index is 0.664. The second-order valence-electron chi connectivity index (χ2n) is 9.26. The molecule has 0 spiro atoms. The van der Waals surface area contributed by atoms with Crippen LogP contribution in [-0.4, -0.2) is 4.98 Å². The number of hydrogen-bond donors (Lipinski definition) is 0. The van der Waals surface area contributed by atoms with Gasteiger partial charge >= 0.3 is 0 Å². The van der Waals surface area contributed by atoms with Gasteiger partial charge in [0.1, 0.15) is 7.05 Å². The van der Waals surface area contributed by atoms with Crippen molar-refractivity contribution in [3.05, 3.63) is 83.2 Å². The van der Waals surface area contributed by atoms with E-state index in [9.17, 15) is 0 Å². The number of fused-ring (bicyclic) bond motifs is 1. The van der Waals surface area contributed by atoms with Crippen LogP contribution in [0.5, 0.6) is 0 Å². The van der Waals surface area contributed by atoms with E-state index in [1.54, 1.807) is 0 Å². The molecule has 156 valence electrons. The number of aryl methyl sites for hydroxylation is 3.